The van der Waals surface area contributed by atoms with Crippen molar-refractivity contribution in [3.63, 3.8) is 0 Å². The van der Waals surface area contributed by atoms with Crippen molar-refractivity contribution in [3.05, 3.63) is 134 Å². The summed E-state index contributed by atoms with van der Waals surface area (Å²) >= 11 is 12.6. The van der Waals surface area contributed by atoms with Gasteiger partial charge in [-0.05, 0) is 54.6 Å². The van der Waals surface area contributed by atoms with Crippen LogP contribution >= 0.6 is 23.2 Å². The number of halogens is 3. The van der Waals surface area contributed by atoms with Gasteiger partial charge in [-0.3, -0.25) is 9.78 Å². The molecule has 0 aliphatic heterocycles. The van der Waals surface area contributed by atoms with Gasteiger partial charge in [-0.2, -0.15) is 0 Å². The molecule has 0 bridgehead atoms. The number of hydrogen-bond acceptors (Lipinski definition) is 9. The molecule has 1 amide bonds. The van der Waals surface area contributed by atoms with Crippen LogP contribution in [0.4, 0.5) is 4.39 Å². The summed E-state index contributed by atoms with van der Waals surface area (Å²) in [6.07, 6.45) is 3.01. The van der Waals surface area contributed by atoms with Crippen LogP contribution in [0, 0.1) is 5.82 Å². The average molecular weight is 721 g/mol. The molecule has 14 nitrogen and oxygen atoms in total. The monoisotopic (exact) mass is 720 g/mol. The largest absolute Gasteiger partial charge is 0.508 e. The molecule has 8 aromatic rings. The first-order chi connectivity index (χ1) is 24.6. The summed E-state index contributed by atoms with van der Waals surface area (Å²) in [5, 5.41) is 10.6. The Balaban J connectivity index is 1.56. The highest BCUT2D eigenvalue weighted by Crippen LogP contribution is 2.31. The number of para-hydroxylation sites is 1. The lowest BCUT2D eigenvalue weighted by atomic mass is 10.2. The zero-order chi connectivity index (χ0) is 35.6. The molecule has 0 radical (unpaired) electrons. The van der Waals surface area contributed by atoms with E-state index in [9.17, 15) is 19.5 Å². The lowest BCUT2D eigenvalue weighted by molar-refractivity contribution is 0.0997. The first-order valence-electron chi connectivity index (χ1n) is 14.9. The number of benzene rings is 3. The van der Waals surface area contributed by atoms with Gasteiger partial charge >= 0.3 is 11.4 Å². The number of aromatic hydroxyl groups is 1. The summed E-state index contributed by atoms with van der Waals surface area (Å²) < 4.78 is 18.5. The van der Waals surface area contributed by atoms with Gasteiger partial charge in [0, 0.05) is 28.5 Å². The van der Waals surface area contributed by atoms with E-state index in [1.165, 1.54) is 36.5 Å². The Morgan fingerprint density at radius 2 is 1.57 bits per heavy atom. The molecule has 0 atom stereocenters. The number of H-pyrrole nitrogens is 1. The van der Waals surface area contributed by atoms with Crippen molar-refractivity contribution in [1.29, 1.82) is 0 Å². The number of imidazole rings is 2. The minimum absolute atomic E-state index is 0.0217. The van der Waals surface area contributed by atoms with E-state index in [1.807, 2.05) is 0 Å². The zero-order valence-corrected chi connectivity index (χ0v) is 27.1. The molecule has 5 heterocycles. The van der Waals surface area contributed by atoms with Crippen molar-refractivity contribution >= 4 is 51.4 Å². The number of aromatic nitrogens is 9. The smallest absolute Gasteiger partial charge is 0.341 e. The third-order valence-electron chi connectivity index (χ3n) is 7.91. The number of primary amides is 1. The number of carbonyl (C=O) groups is 1. The average Bonchev–Trinajstić information content (AvgIpc) is 3.60. The van der Waals surface area contributed by atoms with E-state index in [4.69, 9.17) is 28.9 Å². The summed E-state index contributed by atoms with van der Waals surface area (Å²) in [4.78, 5) is 66.8. The van der Waals surface area contributed by atoms with E-state index in [2.05, 4.69) is 29.9 Å². The summed E-state index contributed by atoms with van der Waals surface area (Å²) in [6.45, 7) is 0. The molecule has 0 aliphatic rings. The number of pyridine rings is 1. The third kappa shape index (κ3) is 5.19. The molecular formula is C34H19Cl2FN10O4. The number of phenols is 1. The van der Waals surface area contributed by atoms with Gasteiger partial charge in [0.25, 0.3) is 5.91 Å². The van der Waals surface area contributed by atoms with E-state index in [0.29, 0.717) is 5.56 Å². The Kier molecular flexibility index (Phi) is 7.43. The molecule has 51 heavy (non-hydrogen) atoms. The zero-order valence-electron chi connectivity index (χ0n) is 25.6. The lowest BCUT2D eigenvalue weighted by Crippen LogP contribution is -2.24. The molecule has 0 saturated carbocycles. The normalized spacial score (nSPS) is 11.4. The van der Waals surface area contributed by atoms with Crippen LogP contribution < -0.4 is 17.1 Å². The first-order valence-corrected chi connectivity index (χ1v) is 15.6. The van der Waals surface area contributed by atoms with E-state index in [1.54, 1.807) is 48.7 Å². The number of fused-ring (bicyclic) bond motifs is 2. The Labute approximate surface area is 293 Å². The SMILES string of the molecule is NC(=O)c1nc(-c2cccnc2)nc2c1n(-c1nc(-c3cccc(O)c3)nc3c1[nH]c(=O)n3-c1ccc(Cl)cc1F)c(=O)n2-c1ccccc1Cl. The first kappa shape index (κ1) is 31.6. The van der Waals surface area contributed by atoms with Gasteiger partial charge in [-0.15, -0.1) is 0 Å². The lowest BCUT2D eigenvalue weighted by Gasteiger charge is -2.11. The Morgan fingerprint density at radius 1 is 0.804 bits per heavy atom. The van der Waals surface area contributed by atoms with Gasteiger partial charge in [0.1, 0.15) is 22.6 Å². The predicted molar refractivity (Wildman–Crippen MR) is 186 cm³/mol. The predicted octanol–water partition coefficient (Wildman–Crippen LogP) is 4.97. The van der Waals surface area contributed by atoms with Crippen LogP contribution in [-0.2, 0) is 0 Å². The minimum atomic E-state index is -1.02. The summed E-state index contributed by atoms with van der Waals surface area (Å²) in [6, 6.07) is 19.4. The van der Waals surface area contributed by atoms with Crippen molar-refractivity contribution in [3.8, 4) is 45.7 Å². The second kappa shape index (κ2) is 12.0. The highest BCUT2D eigenvalue weighted by atomic mass is 35.5. The van der Waals surface area contributed by atoms with Crippen LogP contribution in [0.1, 0.15) is 10.5 Å². The minimum Gasteiger partial charge on any atom is -0.508 e. The number of nitrogens with two attached hydrogens (primary N) is 1. The molecule has 0 spiro atoms. The van der Waals surface area contributed by atoms with Gasteiger partial charge in [0.05, 0.1) is 16.4 Å². The summed E-state index contributed by atoms with van der Waals surface area (Å²) in [5.74, 6) is -2.32. The molecule has 250 valence electrons. The molecule has 0 fully saturated rings. The summed E-state index contributed by atoms with van der Waals surface area (Å²) in [7, 11) is 0. The molecule has 8 rings (SSSR count). The van der Waals surface area contributed by atoms with Crippen molar-refractivity contribution in [1.82, 2.24) is 43.6 Å². The number of aromatic amines is 1. The number of rotatable bonds is 6. The van der Waals surface area contributed by atoms with Crippen LogP contribution in [-0.4, -0.2) is 54.6 Å². The van der Waals surface area contributed by atoms with Gasteiger partial charge in [-0.25, -0.2) is 47.6 Å². The maximum Gasteiger partial charge on any atom is 0.341 e. The molecule has 0 aliphatic carbocycles. The Morgan fingerprint density at radius 3 is 2.29 bits per heavy atom. The molecule has 3 aromatic carbocycles. The van der Waals surface area contributed by atoms with Crippen LogP contribution in [0.15, 0.2) is 101 Å². The van der Waals surface area contributed by atoms with Gasteiger partial charge in [0.15, 0.2) is 34.5 Å². The highest BCUT2D eigenvalue weighted by Gasteiger charge is 2.30. The van der Waals surface area contributed by atoms with Gasteiger partial charge in [-0.1, -0.05) is 47.5 Å². The van der Waals surface area contributed by atoms with E-state index >= 15 is 4.39 Å². The molecule has 4 N–H and O–H groups in total. The second-order valence-corrected chi connectivity index (χ2v) is 11.9. The van der Waals surface area contributed by atoms with Crippen LogP contribution in [0.3, 0.4) is 0 Å². The number of nitrogens with one attached hydrogen (secondary N) is 1. The molecule has 0 unspecified atom stereocenters. The number of hydrogen-bond donors (Lipinski definition) is 3. The van der Waals surface area contributed by atoms with Crippen molar-refractivity contribution in [2.45, 2.75) is 0 Å². The van der Waals surface area contributed by atoms with Crippen LogP contribution in [0.25, 0.3) is 62.3 Å². The van der Waals surface area contributed by atoms with Crippen molar-refractivity contribution in [2.75, 3.05) is 0 Å². The van der Waals surface area contributed by atoms with Gasteiger partial charge < -0.3 is 15.8 Å². The fourth-order valence-electron chi connectivity index (χ4n) is 5.73. The molecule has 17 heteroatoms. The number of nitrogens with zero attached hydrogens (tertiary/aromatic N) is 8. The fraction of sp³-hybridized carbons (Fsp3) is 0. The number of carbonyl (C=O) groups excluding carboxylic acids is 1. The van der Waals surface area contributed by atoms with Crippen LogP contribution in [0.2, 0.25) is 10.0 Å². The second-order valence-electron chi connectivity index (χ2n) is 11.1. The fourth-order valence-corrected chi connectivity index (χ4v) is 6.10. The molecule has 5 aromatic heterocycles. The van der Waals surface area contributed by atoms with Gasteiger partial charge in [0.2, 0.25) is 0 Å². The standard InChI is InChI=1S/C34H19Cl2FN10O4/c35-18-10-11-23(21(37)14-18)45-30-25(41-33(45)50)31(43-28(42-30)16-5-3-7-19(48)13-16)47-26-24(27(38)49)40-29(17-6-4-12-39-15-17)44-32(26)46(34(47)51)22-9-2-1-8-20(22)36/h1-15,48H,(H2,38,49)(H,41,50). The molecule has 0 saturated heterocycles. The highest BCUT2D eigenvalue weighted by molar-refractivity contribution is 6.32. The summed E-state index contributed by atoms with van der Waals surface area (Å²) in [5.41, 5.74) is 3.93. The quantitative estimate of drug-likeness (QED) is 0.213. The van der Waals surface area contributed by atoms with Crippen molar-refractivity contribution < 1.29 is 14.3 Å². The maximum absolute atomic E-state index is 15.4. The Bertz CT molecular complexity index is 2850. The van der Waals surface area contributed by atoms with Crippen molar-refractivity contribution in [2.24, 2.45) is 5.73 Å². The van der Waals surface area contributed by atoms with E-state index in [-0.39, 0.29) is 78.2 Å². The molecular weight excluding hydrogens is 702 g/mol. The Hall–Kier alpha value is -6.71. The maximum atomic E-state index is 15.4. The van der Waals surface area contributed by atoms with E-state index < -0.39 is 23.1 Å². The van der Waals surface area contributed by atoms with E-state index in [0.717, 1.165) is 19.8 Å². The third-order valence-corrected chi connectivity index (χ3v) is 8.47. The number of phenolic OH excluding ortho intramolecular Hbond substituents is 1. The number of amides is 1. The van der Waals surface area contributed by atoms with Crippen LogP contribution in [0.5, 0.6) is 5.75 Å². The topological polar surface area (TPSA) is 192 Å².